The number of aromatic nitrogens is 2. The highest BCUT2D eigenvalue weighted by Gasteiger charge is 2.25. The number of nitrogens with zero attached hydrogens (tertiary/aromatic N) is 3. The molecule has 1 unspecified atom stereocenters. The van der Waals surface area contributed by atoms with Gasteiger partial charge in [-0.1, -0.05) is 18.2 Å². The van der Waals surface area contributed by atoms with Gasteiger partial charge in [-0.25, -0.2) is 4.98 Å². The van der Waals surface area contributed by atoms with Crippen LogP contribution in [0.15, 0.2) is 41.8 Å². The number of aromatic amines is 1. The number of morpholine rings is 1. The van der Waals surface area contributed by atoms with Crippen molar-refractivity contribution >= 4 is 28.3 Å². The Labute approximate surface area is 145 Å². The predicted molar refractivity (Wildman–Crippen MR) is 98.8 cm³/mol. The van der Waals surface area contributed by atoms with Crippen molar-refractivity contribution in [1.29, 1.82) is 0 Å². The average Bonchev–Trinajstić information content (AvgIpc) is 3.29. The lowest BCUT2D eigenvalue weighted by atomic mass is 10.2. The third-order valence-electron chi connectivity index (χ3n) is 4.54. The van der Waals surface area contributed by atoms with Crippen LogP contribution in [-0.4, -0.2) is 54.8 Å². The maximum Gasteiger partial charge on any atom is 0.203 e. The van der Waals surface area contributed by atoms with Gasteiger partial charge in [-0.3, -0.25) is 4.90 Å². The number of para-hydroxylation sites is 2. The summed E-state index contributed by atoms with van der Waals surface area (Å²) in [5.74, 6) is 0.922. The van der Waals surface area contributed by atoms with Gasteiger partial charge in [0.15, 0.2) is 0 Å². The molecule has 5 nitrogen and oxygen atoms in total. The quantitative estimate of drug-likeness (QED) is 0.774. The first-order valence-corrected chi connectivity index (χ1v) is 9.20. The number of ether oxygens (including phenoxy) is 1. The third-order valence-corrected chi connectivity index (χ3v) is 5.52. The maximum absolute atomic E-state index is 5.53. The van der Waals surface area contributed by atoms with Gasteiger partial charge in [-0.2, -0.15) is 0 Å². The summed E-state index contributed by atoms with van der Waals surface area (Å²) in [6.07, 6.45) is 0. The lowest BCUT2D eigenvalue weighted by Gasteiger charge is -2.36. The van der Waals surface area contributed by atoms with E-state index in [1.807, 2.05) is 29.5 Å². The molecule has 0 radical (unpaired) electrons. The summed E-state index contributed by atoms with van der Waals surface area (Å²) < 4.78 is 5.53. The Hall–Kier alpha value is -1.89. The molecule has 0 amide bonds. The Bertz CT molecular complexity index is 746. The molecule has 1 saturated heterocycles. The van der Waals surface area contributed by atoms with E-state index < -0.39 is 0 Å². The smallest absolute Gasteiger partial charge is 0.203 e. The van der Waals surface area contributed by atoms with Gasteiger partial charge in [0, 0.05) is 31.6 Å². The number of anilines is 1. The van der Waals surface area contributed by atoms with Crippen LogP contribution < -0.4 is 4.90 Å². The molecule has 126 valence electrons. The Balaban J connectivity index is 1.56. The lowest BCUT2D eigenvalue weighted by Crippen LogP contribution is -2.43. The fourth-order valence-electron chi connectivity index (χ4n) is 3.22. The van der Waals surface area contributed by atoms with Gasteiger partial charge in [0.25, 0.3) is 0 Å². The van der Waals surface area contributed by atoms with Gasteiger partial charge in [-0.05, 0) is 23.6 Å². The van der Waals surface area contributed by atoms with Crippen molar-refractivity contribution in [3.05, 3.63) is 46.7 Å². The molecule has 24 heavy (non-hydrogen) atoms. The van der Waals surface area contributed by atoms with E-state index in [2.05, 4.69) is 45.4 Å². The van der Waals surface area contributed by atoms with Crippen LogP contribution in [0.1, 0.15) is 10.9 Å². The summed E-state index contributed by atoms with van der Waals surface area (Å²) in [6.45, 7) is 4.50. The number of likely N-dealkylation sites (N-methyl/N-ethyl adjacent to an activating group) is 1. The lowest BCUT2D eigenvalue weighted by molar-refractivity contribution is 0.0183. The van der Waals surface area contributed by atoms with Crippen LogP contribution in [0.5, 0.6) is 0 Å². The minimum absolute atomic E-state index is 0.368. The van der Waals surface area contributed by atoms with Crippen molar-refractivity contribution in [1.82, 2.24) is 14.9 Å². The number of fused-ring (bicyclic) bond motifs is 1. The van der Waals surface area contributed by atoms with E-state index in [1.165, 1.54) is 4.88 Å². The van der Waals surface area contributed by atoms with E-state index in [0.29, 0.717) is 6.04 Å². The predicted octanol–water partition coefficient (Wildman–Crippen LogP) is 3.13. The highest BCUT2D eigenvalue weighted by Crippen LogP contribution is 2.28. The molecule has 0 saturated carbocycles. The van der Waals surface area contributed by atoms with Crippen LogP contribution >= 0.6 is 11.3 Å². The van der Waals surface area contributed by atoms with E-state index in [-0.39, 0.29) is 0 Å². The summed E-state index contributed by atoms with van der Waals surface area (Å²) in [5.41, 5.74) is 2.09. The molecular formula is C18H22N4OS. The van der Waals surface area contributed by atoms with Crippen LogP contribution in [0.25, 0.3) is 11.0 Å². The second-order valence-electron chi connectivity index (χ2n) is 6.14. The molecule has 6 heteroatoms. The third kappa shape index (κ3) is 3.17. The molecule has 3 heterocycles. The van der Waals surface area contributed by atoms with Crippen molar-refractivity contribution in [3.8, 4) is 0 Å². The van der Waals surface area contributed by atoms with Gasteiger partial charge in [-0.15, -0.1) is 11.3 Å². The first kappa shape index (κ1) is 15.6. The zero-order chi connectivity index (χ0) is 16.4. The number of hydrogen-bond acceptors (Lipinski definition) is 5. The first-order chi connectivity index (χ1) is 11.8. The fourth-order valence-corrected chi connectivity index (χ4v) is 4.07. The molecular weight excluding hydrogens is 320 g/mol. The number of H-pyrrole nitrogens is 1. The molecule has 3 aromatic rings. The molecule has 1 aliphatic rings. The van der Waals surface area contributed by atoms with Crippen molar-refractivity contribution in [2.24, 2.45) is 0 Å². The van der Waals surface area contributed by atoms with E-state index in [0.717, 1.165) is 49.8 Å². The van der Waals surface area contributed by atoms with Gasteiger partial charge >= 0.3 is 0 Å². The molecule has 4 rings (SSSR count). The molecule has 0 spiro atoms. The Morgan fingerprint density at radius 3 is 2.83 bits per heavy atom. The molecule has 2 aromatic heterocycles. The second kappa shape index (κ2) is 6.93. The minimum atomic E-state index is 0.368. The van der Waals surface area contributed by atoms with E-state index in [4.69, 9.17) is 9.72 Å². The molecule has 1 fully saturated rings. The average molecular weight is 342 g/mol. The molecule has 1 N–H and O–H groups in total. The van der Waals surface area contributed by atoms with Crippen molar-refractivity contribution in [3.63, 3.8) is 0 Å². The van der Waals surface area contributed by atoms with Crippen molar-refractivity contribution < 1.29 is 4.74 Å². The molecule has 0 bridgehead atoms. The summed E-state index contributed by atoms with van der Waals surface area (Å²) in [4.78, 5) is 14.3. The van der Waals surface area contributed by atoms with Crippen LogP contribution in [0.2, 0.25) is 0 Å². The Kier molecular flexibility index (Phi) is 4.51. The summed E-state index contributed by atoms with van der Waals surface area (Å²) >= 11 is 1.83. The van der Waals surface area contributed by atoms with Crippen LogP contribution in [0.4, 0.5) is 5.95 Å². The highest BCUT2D eigenvalue weighted by molar-refractivity contribution is 7.10. The minimum Gasteiger partial charge on any atom is -0.379 e. The number of benzene rings is 1. The zero-order valence-electron chi connectivity index (χ0n) is 13.8. The van der Waals surface area contributed by atoms with E-state index in [9.17, 15) is 0 Å². The number of hydrogen-bond donors (Lipinski definition) is 1. The maximum atomic E-state index is 5.53. The van der Waals surface area contributed by atoms with Gasteiger partial charge < -0.3 is 14.6 Å². The van der Waals surface area contributed by atoms with Crippen molar-refractivity contribution in [2.75, 3.05) is 44.8 Å². The summed E-state index contributed by atoms with van der Waals surface area (Å²) in [7, 11) is 2.11. The van der Waals surface area contributed by atoms with Gasteiger partial charge in [0.1, 0.15) is 0 Å². The topological polar surface area (TPSA) is 44.4 Å². The first-order valence-electron chi connectivity index (χ1n) is 8.32. The zero-order valence-corrected chi connectivity index (χ0v) is 14.6. The number of thiophene rings is 1. The van der Waals surface area contributed by atoms with Crippen LogP contribution in [-0.2, 0) is 4.74 Å². The highest BCUT2D eigenvalue weighted by atomic mass is 32.1. The van der Waals surface area contributed by atoms with E-state index >= 15 is 0 Å². The molecule has 0 aliphatic carbocycles. The monoisotopic (exact) mass is 342 g/mol. The number of imidazole rings is 1. The number of rotatable bonds is 5. The molecule has 1 aromatic carbocycles. The van der Waals surface area contributed by atoms with Gasteiger partial charge in [0.2, 0.25) is 5.95 Å². The second-order valence-corrected chi connectivity index (χ2v) is 7.12. The SMILES string of the molecule is CN(CC(c1cccs1)N1CCOCC1)c1nc2ccccc2[nH]1. The number of nitrogens with one attached hydrogen (secondary N) is 1. The molecule has 1 aliphatic heterocycles. The van der Waals surface area contributed by atoms with E-state index in [1.54, 1.807) is 0 Å². The van der Waals surface area contributed by atoms with Crippen LogP contribution in [0.3, 0.4) is 0 Å². The molecule has 1 atom stereocenters. The summed E-state index contributed by atoms with van der Waals surface area (Å²) in [5, 5.41) is 2.16. The van der Waals surface area contributed by atoms with Crippen LogP contribution in [0, 0.1) is 0 Å². The Morgan fingerprint density at radius 1 is 1.25 bits per heavy atom. The largest absolute Gasteiger partial charge is 0.379 e. The van der Waals surface area contributed by atoms with Gasteiger partial charge in [0.05, 0.1) is 30.3 Å². The van der Waals surface area contributed by atoms with Crippen molar-refractivity contribution in [2.45, 2.75) is 6.04 Å². The fraction of sp³-hybridized carbons (Fsp3) is 0.389. The standard InChI is InChI=1S/C18H22N4OS/c1-21(18-19-14-5-2-3-6-15(14)20-18)13-16(17-7-4-12-24-17)22-8-10-23-11-9-22/h2-7,12,16H,8-11,13H2,1H3,(H,19,20). The normalized spacial score (nSPS) is 17.2. The Morgan fingerprint density at radius 2 is 2.08 bits per heavy atom. The summed E-state index contributed by atoms with van der Waals surface area (Å²) in [6, 6.07) is 12.9.